The van der Waals surface area contributed by atoms with Crippen LogP contribution in [0.25, 0.3) is 5.78 Å². The summed E-state index contributed by atoms with van der Waals surface area (Å²) in [7, 11) is 0. The normalized spacial score (nSPS) is 12.8. The first kappa shape index (κ1) is 21.9. The SMILES string of the molecule is Cc1nc2nc(C(F)(F)F)nn2c(C)c1CCC(=O)NC(c1ccccc1)c1cccs1. The average Bonchev–Trinajstić information content (AvgIpc) is 3.42. The second kappa shape index (κ2) is 8.70. The van der Waals surface area contributed by atoms with Crippen molar-refractivity contribution in [1.82, 2.24) is 24.9 Å². The van der Waals surface area contributed by atoms with Crippen molar-refractivity contribution in [3.8, 4) is 0 Å². The molecule has 166 valence electrons. The van der Waals surface area contributed by atoms with Crippen LogP contribution in [-0.2, 0) is 17.4 Å². The number of rotatable bonds is 6. The number of fused-ring (bicyclic) bond motifs is 1. The fourth-order valence-electron chi connectivity index (χ4n) is 3.58. The van der Waals surface area contributed by atoms with E-state index in [1.807, 2.05) is 47.8 Å². The summed E-state index contributed by atoms with van der Waals surface area (Å²) in [6.45, 7) is 3.35. The quantitative estimate of drug-likeness (QED) is 0.455. The second-order valence-electron chi connectivity index (χ2n) is 7.33. The first-order valence-corrected chi connectivity index (χ1v) is 10.8. The Morgan fingerprint density at radius 3 is 2.53 bits per heavy atom. The van der Waals surface area contributed by atoms with Crippen LogP contribution in [0.1, 0.15) is 45.7 Å². The first-order valence-electron chi connectivity index (χ1n) is 9.92. The Bertz CT molecular complexity index is 1240. The van der Waals surface area contributed by atoms with Crippen molar-refractivity contribution in [2.75, 3.05) is 0 Å². The molecule has 0 bridgehead atoms. The minimum absolute atomic E-state index is 0.109. The van der Waals surface area contributed by atoms with Crippen molar-refractivity contribution < 1.29 is 18.0 Å². The molecule has 3 heterocycles. The van der Waals surface area contributed by atoms with E-state index in [2.05, 4.69) is 20.4 Å². The highest BCUT2D eigenvalue weighted by Gasteiger charge is 2.37. The Kier molecular flexibility index (Phi) is 5.96. The Hall–Kier alpha value is -3.27. The van der Waals surface area contributed by atoms with Crippen LogP contribution >= 0.6 is 11.3 Å². The Balaban J connectivity index is 1.53. The fraction of sp³-hybridized carbons (Fsp3) is 0.273. The van der Waals surface area contributed by atoms with Gasteiger partial charge in [-0.15, -0.1) is 16.4 Å². The molecule has 4 rings (SSSR count). The highest BCUT2D eigenvalue weighted by Crippen LogP contribution is 2.28. The van der Waals surface area contributed by atoms with E-state index < -0.39 is 12.0 Å². The van der Waals surface area contributed by atoms with Gasteiger partial charge in [0.2, 0.25) is 5.91 Å². The molecule has 0 saturated heterocycles. The average molecular weight is 459 g/mol. The highest BCUT2D eigenvalue weighted by atomic mass is 32.1. The molecule has 1 aromatic carbocycles. The first-order chi connectivity index (χ1) is 15.2. The number of benzene rings is 1. The number of aromatic nitrogens is 4. The molecule has 0 saturated carbocycles. The molecule has 0 aliphatic carbocycles. The number of thiophene rings is 1. The van der Waals surface area contributed by atoms with Gasteiger partial charge in [0.25, 0.3) is 11.6 Å². The lowest BCUT2D eigenvalue weighted by Crippen LogP contribution is -2.29. The van der Waals surface area contributed by atoms with Gasteiger partial charge in [-0.1, -0.05) is 36.4 Å². The number of nitrogens with zero attached hydrogens (tertiary/aromatic N) is 4. The predicted octanol–water partition coefficient (Wildman–Crippen LogP) is 4.66. The highest BCUT2D eigenvalue weighted by molar-refractivity contribution is 7.10. The van der Waals surface area contributed by atoms with Gasteiger partial charge in [-0.3, -0.25) is 4.79 Å². The molecule has 3 aromatic heterocycles. The Morgan fingerprint density at radius 2 is 1.88 bits per heavy atom. The third-order valence-electron chi connectivity index (χ3n) is 5.17. The van der Waals surface area contributed by atoms with Gasteiger partial charge in [0, 0.05) is 22.7 Å². The van der Waals surface area contributed by atoms with Crippen LogP contribution in [0.4, 0.5) is 13.2 Å². The number of carbonyl (C=O) groups excluding carboxylic acids is 1. The van der Waals surface area contributed by atoms with Crippen molar-refractivity contribution in [3.05, 3.63) is 81.1 Å². The summed E-state index contributed by atoms with van der Waals surface area (Å²) in [4.78, 5) is 21.5. The van der Waals surface area contributed by atoms with E-state index in [-0.39, 0.29) is 24.1 Å². The van der Waals surface area contributed by atoms with Crippen LogP contribution in [0.5, 0.6) is 0 Å². The number of aryl methyl sites for hydroxylation is 2. The maximum absolute atomic E-state index is 13.0. The van der Waals surface area contributed by atoms with Gasteiger partial charge in [-0.05, 0) is 42.8 Å². The van der Waals surface area contributed by atoms with E-state index in [1.165, 1.54) is 0 Å². The van der Waals surface area contributed by atoms with Crippen LogP contribution in [-0.4, -0.2) is 25.5 Å². The number of hydrogen-bond acceptors (Lipinski definition) is 5. The summed E-state index contributed by atoms with van der Waals surface area (Å²) < 4.78 is 40.0. The zero-order valence-corrected chi connectivity index (χ0v) is 18.2. The standard InChI is InChI=1S/C22H20F3N5OS/c1-13-16(14(2)30-21(26-13)28-20(29-30)22(23,24)25)10-11-18(31)27-19(17-9-6-12-32-17)15-7-4-3-5-8-15/h3-9,12,19H,10-11H2,1-2H3,(H,27,31). The lowest BCUT2D eigenvalue weighted by molar-refractivity contribution is -0.144. The summed E-state index contributed by atoms with van der Waals surface area (Å²) in [5, 5.41) is 8.58. The van der Waals surface area contributed by atoms with Gasteiger partial charge in [0.1, 0.15) is 0 Å². The zero-order valence-electron chi connectivity index (χ0n) is 17.3. The maximum Gasteiger partial charge on any atom is 0.453 e. The predicted molar refractivity (Wildman–Crippen MR) is 114 cm³/mol. The summed E-state index contributed by atoms with van der Waals surface area (Å²) in [6.07, 6.45) is -4.17. The number of carbonyl (C=O) groups is 1. The summed E-state index contributed by atoms with van der Waals surface area (Å²) >= 11 is 1.56. The molecule has 1 unspecified atom stereocenters. The third-order valence-corrected chi connectivity index (χ3v) is 6.11. The second-order valence-corrected chi connectivity index (χ2v) is 8.31. The molecule has 0 fully saturated rings. The molecule has 4 aromatic rings. The van der Waals surface area contributed by atoms with Crippen molar-refractivity contribution in [1.29, 1.82) is 0 Å². The van der Waals surface area contributed by atoms with Crippen LogP contribution in [0.2, 0.25) is 0 Å². The van der Waals surface area contributed by atoms with E-state index in [1.54, 1.807) is 25.2 Å². The smallest absolute Gasteiger partial charge is 0.344 e. The van der Waals surface area contributed by atoms with Crippen molar-refractivity contribution in [3.63, 3.8) is 0 Å². The van der Waals surface area contributed by atoms with Gasteiger partial charge in [-0.2, -0.15) is 18.2 Å². The molecule has 6 nitrogen and oxygen atoms in total. The molecule has 0 aliphatic heterocycles. The summed E-state index contributed by atoms with van der Waals surface area (Å²) in [6, 6.07) is 13.3. The van der Waals surface area contributed by atoms with Crippen molar-refractivity contribution >= 4 is 23.0 Å². The van der Waals surface area contributed by atoms with E-state index in [0.29, 0.717) is 23.4 Å². The van der Waals surface area contributed by atoms with Crippen LogP contribution in [0.3, 0.4) is 0 Å². The third kappa shape index (κ3) is 4.50. The van der Waals surface area contributed by atoms with Gasteiger partial charge in [-0.25, -0.2) is 9.50 Å². The number of nitrogens with one attached hydrogen (secondary N) is 1. The minimum Gasteiger partial charge on any atom is -0.344 e. The van der Waals surface area contributed by atoms with Gasteiger partial charge in [0.15, 0.2) is 0 Å². The lowest BCUT2D eigenvalue weighted by atomic mass is 10.0. The summed E-state index contributed by atoms with van der Waals surface area (Å²) in [5.74, 6) is -1.51. The van der Waals surface area contributed by atoms with Gasteiger partial charge >= 0.3 is 6.18 Å². The van der Waals surface area contributed by atoms with Crippen LogP contribution in [0.15, 0.2) is 47.8 Å². The maximum atomic E-state index is 13.0. The van der Waals surface area contributed by atoms with E-state index in [4.69, 9.17) is 0 Å². The van der Waals surface area contributed by atoms with E-state index >= 15 is 0 Å². The molecule has 32 heavy (non-hydrogen) atoms. The molecule has 1 atom stereocenters. The van der Waals surface area contributed by atoms with Crippen molar-refractivity contribution in [2.45, 2.75) is 38.9 Å². The Morgan fingerprint density at radius 1 is 1.12 bits per heavy atom. The van der Waals surface area contributed by atoms with Crippen LogP contribution < -0.4 is 5.32 Å². The van der Waals surface area contributed by atoms with Crippen molar-refractivity contribution in [2.24, 2.45) is 0 Å². The Labute approximate surface area is 186 Å². The molecule has 0 aliphatic rings. The van der Waals surface area contributed by atoms with Gasteiger partial charge in [0.05, 0.1) is 6.04 Å². The number of halogens is 3. The number of hydrogen-bond donors (Lipinski definition) is 1. The molecule has 1 N–H and O–H groups in total. The number of amides is 1. The number of alkyl halides is 3. The largest absolute Gasteiger partial charge is 0.453 e. The zero-order chi connectivity index (χ0) is 22.9. The molecule has 10 heteroatoms. The van der Waals surface area contributed by atoms with Crippen LogP contribution in [0, 0.1) is 13.8 Å². The fourth-order valence-corrected chi connectivity index (χ4v) is 4.38. The monoisotopic (exact) mass is 459 g/mol. The van der Waals surface area contributed by atoms with E-state index in [0.717, 1.165) is 15.0 Å². The van der Waals surface area contributed by atoms with E-state index in [9.17, 15) is 18.0 Å². The van der Waals surface area contributed by atoms with Gasteiger partial charge < -0.3 is 5.32 Å². The minimum atomic E-state index is -4.65. The molecular formula is C22H20F3N5OS. The molecule has 0 spiro atoms. The molecule has 0 radical (unpaired) electrons. The molecular weight excluding hydrogens is 439 g/mol. The summed E-state index contributed by atoms with van der Waals surface area (Å²) in [5.41, 5.74) is 2.67. The molecule has 1 amide bonds. The lowest BCUT2D eigenvalue weighted by Gasteiger charge is -2.18. The topological polar surface area (TPSA) is 72.2 Å².